The fourth-order valence-electron chi connectivity index (χ4n) is 6.53. The number of nitrogens with two attached hydrogens (primary N) is 1. The summed E-state index contributed by atoms with van der Waals surface area (Å²) < 4.78 is 0.929. The molecule has 3 fully saturated rings. The number of nitrogens with one attached hydrogen (secondary N) is 3. The monoisotopic (exact) mass is 553 g/mol. The summed E-state index contributed by atoms with van der Waals surface area (Å²) in [5.74, 6) is 5.76. The predicted octanol–water partition coefficient (Wildman–Crippen LogP) is 2.39. The third-order valence-electron chi connectivity index (χ3n) is 8.46. The molecule has 1 unspecified atom stereocenters. The van der Waals surface area contributed by atoms with Gasteiger partial charge in [-0.3, -0.25) is 19.4 Å². The molecule has 1 saturated carbocycles. The maximum atomic E-state index is 13.8. The van der Waals surface area contributed by atoms with Crippen LogP contribution in [0.15, 0.2) is 29.3 Å². The van der Waals surface area contributed by atoms with Gasteiger partial charge in [-0.25, -0.2) is 10.8 Å². The van der Waals surface area contributed by atoms with Crippen molar-refractivity contribution >= 4 is 45.5 Å². The molecule has 0 bridgehead atoms. The van der Waals surface area contributed by atoms with Crippen LogP contribution in [0.4, 0.5) is 0 Å². The van der Waals surface area contributed by atoms with E-state index in [1.54, 1.807) is 4.90 Å². The first-order chi connectivity index (χ1) is 19.1. The van der Waals surface area contributed by atoms with Crippen LogP contribution in [-0.2, 0) is 9.59 Å². The Bertz CT molecular complexity index is 1170. The number of hydrogen-bond donors (Lipinski definition) is 4. The van der Waals surface area contributed by atoms with E-state index < -0.39 is 12.1 Å². The lowest BCUT2D eigenvalue weighted by Crippen LogP contribution is -2.59. The minimum Gasteiger partial charge on any atom is -0.344 e. The number of likely N-dealkylation sites (tertiary alicyclic amines) is 1. The van der Waals surface area contributed by atoms with E-state index in [4.69, 9.17) is 5.84 Å². The minimum atomic E-state index is -0.743. The maximum absolute atomic E-state index is 13.8. The third kappa shape index (κ3) is 6.31. The molecule has 2 saturated heterocycles. The number of hydrazine groups is 1. The molecule has 2 aromatic rings. The van der Waals surface area contributed by atoms with Gasteiger partial charge in [0.25, 0.3) is 0 Å². The van der Waals surface area contributed by atoms with Gasteiger partial charge in [0.1, 0.15) is 6.04 Å². The molecule has 210 valence electrons. The lowest BCUT2D eigenvalue weighted by atomic mass is 9.71. The summed E-state index contributed by atoms with van der Waals surface area (Å²) >= 11 is 1.33. The molecule has 0 radical (unpaired) electrons. The summed E-state index contributed by atoms with van der Waals surface area (Å²) in [4.78, 5) is 51.4. The number of Topliss-reactive ketones (excluding diaryl/α,β-unsaturated/α-hetero) is 1. The normalized spacial score (nSPS) is 25.9. The van der Waals surface area contributed by atoms with Crippen molar-refractivity contribution in [1.82, 2.24) is 25.9 Å². The van der Waals surface area contributed by atoms with Crippen molar-refractivity contribution in [3.8, 4) is 0 Å². The van der Waals surface area contributed by atoms with Gasteiger partial charge in [-0.1, -0.05) is 31.4 Å². The van der Waals surface area contributed by atoms with Gasteiger partial charge < -0.3 is 21.0 Å². The van der Waals surface area contributed by atoms with E-state index in [9.17, 15) is 14.4 Å². The van der Waals surface area contributed by atoms with Crippen LogP contribution in [0, 0.1) is 11.8 Å². The maximum Gasteiger partial charge on any atom is 0.243 e. The molecular weight excluding hydrogens is 514 g/mol. The molecule has 1 aliphatic carbocycles. The number of carbonyl (C=O) groups is 3. The Hall–Kier alpha value is -2.89. The summed E-state index contributed by atoms with van der Waals surface area (Å²) in [5.41, 5.74) is 3.14. The quantitative estimate of drug-likeness (QED) is 0.0884. The van der Waals surface area contributed by atoms with E-state index in [1.165, 1.54) is 30.5 Å². The van der Waals surface area contributed by atoms with E-state index >= 15 is 0 Å². The number of ketones is 1. The summed E-state index contributed by atoms with van der Waals surface area (Å²) in [6, 6.07) is 6.10. The molecule has 5 N–H and O–H groups in total. The number of para-hydroxylation sites is 1. The number of nitrogens with zero attached hydrogens (tertiary/aromatic N) is 3. The highest BCUT2D eigenvalue weighted by Gasteiger charge is 2.44. The summed E-state index contributed by atoms with van der Waals surface area (Å²) in [7, 11) is 0. The number of benzene rings is 1. The smallest absolute Gasteiger partial charge is 0.243 e. The Morgan fingerprint density at radius 1 is 1.18 bits per heavy atom. The summed E-state index contributed by atoms with van der Waals surface area (Å²) in [6.07, 6.45) is 9.58. The lowest BCUT2D eigenvalue weighted by molar-refractivity contribution is -0.142. The second-order valence-electron chi connectivity index (χ2n) is 10.9. The van der Waals surface area contributed by atoms with E-state index in [-0.39, 0.29) is 23.6 Å². The van der Waals surface area contributed by atoms with Crippen LogP contribution in [0.3, 0.4) is 0 Å². The van der Waals surface area contributed by atoms with Crippen molar-refractivity contribution in [2.24, 2.45) is 22.7 Å². The molecule has 5 atom stereocenters. The van der Waals surface area contributed by atoms with Crippen molar-refractivity contribution in [3.63, 3.8) is 0 Å². The molecule has 1 aromatic heterocycles. The first-order valence-corrected chi connectivity index (χ1v) is 15.1. The highest BCUT2D eigenvalue weighted by molar-refractivity contribution is 7.20. The van der Waals surface area contributed by atoms with Gasteiger partial charge in [0, 0.05) is 13.1 Å². The van der Waals surface area contributed by atoms with Gasteiger partial charge in [0.15, 0.2) is 5.01 Å². The first-order valence-electron chi connectivity index (χ1n) is 14.2. The zero-order valence-corrected chi connectivity index (χ0v) is 23.1. The van der Waals surface area contributed by atoms with Crippen LogP contribution >= 0.6 is 11.3 Å². The van der Waals surface area contributed by atoms with Crippen LogP contribution in [0.2, 0.25) is 0 Å². The van der Waals surface area contributed by atoms with Crippen LogP contribution < -0.4 is 21.9 Å². The van der Waals surface area contributed by atoms with E-state index in [0.29, 0.717) is 49.2 Å². The van der Waals surface area contributed by atoms with Crippen molar-refractivity contribution in [3.05, 3.63) is 29.3 Å². The van der Waals surface area contributed by atoms with Gasteiger partial charge >= 0.3 is 0 Å². The largest absolute Gasteiger partial charge is 0.344 e. The number of hydrogen-bond acceptors (Lipinski definition) is 8. The predicted molar refractivity (Wildman–Crippen MR) is 152 cm³/mol. The Kier molecular flexibility index (Phi) is 9.21. The summed E-state index contributed by atoms with van der Waals surface area (Å²) in [6.45, 7) is 1.89. The molecule has 11 heteroatoms. The number of rotatable bonds is 10. The Balaban J connectivity index is 1.29. The molecular formula is C28H39N7O3S. The van der Waals surface area contributed by atoms with E-state index in [1.807, 2.05) is 24.3 Å². The van der Waals surface area contributed by atoms with Crippen LogP contribution in [0.1, 0.15) is 67.6 Å². The SMILES string of the molecule is NNC=NCCCC(NC(=O)[C@@H]1CCCN1C(=O)[C@@H]1NCC[C@H]2CCCC[C@H]21)C(=O)c1nc2ccccc2s1. The van der Waals surface area contributed by atoms with Gasteiger partial charge in [-0.15, -0.1) is 11.3 Å². The molecule has 3 heterocycles. The number of piperidine rings is 1. The number of thiazole rings is 1. The number of fused-ring (bicyclic) bond motifs is 2. The summed E-state index contributed by atoms with van der Waals surface area (Å²) in [5, 5.41) is 6.87. The number of aliphatic imine (C=N–C) groups is 1. The molecule has 1 aromatic carbocycles. The topological polar surface area (TPSA) is 142 Å². The first kappa shape index (κ1) is 27.7. The Morgan fingerprint density at radius 2 is 2.03 bits per heavy atom. The third-order valence-corrected chi connectivity index (χ3v) is 9.51. The van der Waals surface area contributed by atoms with Crippen molar-refractivity contribution in [2.45, 2.75) is 75.9 Å². The van der Waals surface area contributed by atoms with E-state index in [2.05, 4.69) is 26.0 Å². The zero-order valence-electron chi connectivity index (χ0n) is 22.3. The van der Waals surface area contributed by atoms with Crippen LogP contribution in [0.25, 0.3) is 10.2 Å². The van der Waals surface area contributed by atoms with Crippen LogP contribution in [0.5, 0.6) is 0 Å². The fraction of sp³-hybridized carbons (Fsp3) is 0.607. The van der Waals surface area contributed by atoms with E-state index in [0.717, 1.165) is 42.4 Å². The number of amides is 2. The standard InChI is InChI=1S/C28H39N7O3S/c29-32-17-30-14-5-10-21(25(36)27-34-20-9-3-4-12-23(20)39-27)33-26(37)22-11-6-16-35(22)28(38)24-19-8-2-1-7-18(19)13-15-31-24/h3-4,9,12,17-19,21-22,24,31H,1-2,5-8,10-11,13-16,29H2,(H,30,32)(H,33,37)/t18-,19-,21?,22+,24-/m1/s1. The van der Waals surface area contributed by atoms with Crippen molar-refractivity contribution < 1.29 is 14.4 Å². The molecule has 10 nitrogen and oxygen atoms in total. The molecule has 2 amide bonds. The number of carbonyl (C=O) groups excluding carboxylic acids is 3. The number of aromatic nitrogens is 1. The van der Waals surface area contributed by atoms with Gasteiger partial charge in [-0.05, 0) is 69.0 Å². The lowest BCUT2D eigenvalue weighted by Gasteiger charge is -2.43. The highest BCUT2D eigenvalue weighted by atomic mass is 32.1. The fourth-order valence-corrected chi connectivity index (χ4v) is 7.49. The van der Waals surface area contributed by atoms with Gasteiger partial charge in [-0.2, -0.15) is 0 Å². The van der Waals surface area contributed by atoms with Gasteiger partial charge in [0.05, 0.1) is 28.6 Å². The molecule has 3 aliphatic rings. The molecule has 0 spiro atoms. The molecule has 2 aliphatic heterocycles. The second-order valence-corrected chi connectivity index (χ2v) is 11.9. The van der Waals surface area contributed by atoms with Crippen molar-refractivity contribution in [1.29, 1.82) is 0 Å². The van der Waals surface area contributed by atoms with Crippen molar-refractivity contribution in [2.75, 3.05) is 19.6 Å². The Morgan fingerprint density at radius 3 is 2.87 bits per heavy atom. The average molecular weight is 554 g/mol. The average Bonchev–Trinajstić information content (AvgIpc) is 3.63. The molecule has 39 heavy (non-hydrogen) atoms. The minimum absolute atomic E-state index is 0.0434. The molecule has 5 rings (SSSR count). The zero-order chi connectivity index (χ0) is 27.2. The van der Waals surface area contributed by atoms with Gasteiger partial charge in [0.2, 0.25) is 17.6 Å². The Labute approximate surface area is 233 Å². The second kappa shape index (κ2) is 13.0. The highest BCUT2D eigenvalue weighted by Crippen LogP contribution is 2.38. The van der Waals surface area contributed by atoms with Crippen LogP contribution in [-0.4, -0.2) is 71.6 Å².